The Hall–Kier alpha value is -0.940. The molecule has 1 aromatic heterocycles. The van der Waals surface area contributed by atoms with Crippen molar-refractivity contribution >= 4 is 27.3 Å². The first-order chi connectivity index (χ1) is 7.65. The minimum Gasteiger partial charge on any atom is -0.485 e. The van der Waals surface area contributed by atoms with Gasteiger partial charge in [-0.3, -0.25) is 0 Å². The van der Waals surface area contributed by atoms with Gasteiger partial charge in [-0.05, 0) is 34.1 Å². The Kier molecular flexibility index (Phi) is 3.56. The van der Waals surface area contributed by atoms with E-state index in [2.05, 4.69) is 15.9 Å². The Bertz CT molecular complexity index is 498. The van der Waals surface area contributed by atoms with Gasteiger partial charge in [-0.15, -0.1) is 11.3 Å². The van der Waals surface area contributed by atoms with Crippen molar-refractivity contribution in [1.82, 2.24) is 0 Å². The Morgan fingerprint density at radius 1 is 1.25 bits per heavy atom. The van der Waals surface area contributed by atoms with Crippen LogP contribution in [0.15, 0.2) is 34.1 Å². The van der Waals surface area contributed by atoms with Gasteiger partial charge in [0.2, 0.25) is 0 Å². The van der Waals surface area contributed by atoms with Crippen molar-refractivity contribution in [3.8, 4) is 5.75 Å². The molecule has 0 bridgehead atoms. The van der Waals surface area contributed by atoms with Crippen molar-refractivity contribution in [1.29, 1.82) is 0 Å². The Morgan fingerprint density at radius 3 is 2.75 bits per heavy atom. The van der Waals surface area contributed by atoms with E-state index in [1.165, 1.54) is 11.3 Å². The molecule has 84 valence electrons. The lowest BCUT2D eigenvalue weighted by Gasteiger charge is -2.05. The monoisotopic (exact) mass is 304 g/mol. The summed E-state index contributed by atoms with van der Waals surface area (Å²) in [6.07, 6.45) is 0. The molecule has 1 nitrogen and oxygen atoms in total. The van der Waals surface area contributed by atoms with E-state index < -0.39 is 11.6 Å². The van der Waals surface area contributed by atoms with Crippen molar-refractivity contribution in [3.63, 3.8) is 0 Å². The summed E-state index contributed by atoms with van der Waals surface area (Å²) in [5, 5.41) is 1.90. The highest BCUT2D eigenvalue weighted by Crippen LogP contribution is 2.23. The summed E-state index contributed by atoms with van der Waals surface area (Å²) in [4.78, 5) is 0.940. The van der Waals surface area contributed by atoms with Gasteiger partial charge in [0.1, 0.15) is 12.4 Å². The molecule has 0 aliphatic heterocycles. The molecule has 0 aliphatic rings. The molecule has 0 atom stereocenters. The number of hydrogen-bond donors (Lipinski definition) is 0. The molecule has 1 aromatic carbocycles. The van der Waals surface area contributed by atoms with Crippen LogP contribution < -0.4 is 4.74 Å². The normalized spacial score (nSPS) is 10.4. The predicted octanol–water partition coefficient (Wildman–Crippen LogP) is 4.37. The van der Waals surface area contributed by atoms with Gasteiger partial charge in [0.25, 0.3) is 0 Å². The number of hydrogen-bond acceptors (Lipinski definition) is 2. The molecule has 2 rings (SSSR count). The van der Waals surface area contributed by atoms with Gasteiger partial charge in [-0.25, -0.2) is 8.78 Å². The van der Waals surface area contributed by atoms with E-state index >= 15 is 0 Å². The molecule has 0 amide bonds. The Labute approximate surface area is 104 Å². The first kappa shape index (κ1) is 11.5. The van der Waals surface area contributed by atoms with Crippen LogP contribution in [0.4, 0.5) is 8.78 Å². The summed E-state index contributed by atoms with van der Waals surface area (Å²) in [6.45, 7) is 0.233. The van der Waals surface area contributed by atoms with Crippen LogP contribution in [-0.4, -0.2) is 0 Å². The van der Waals surface area contributed by atoms with Gasteiger partial charge in [0, 0.05) is 20.8 Å². The van der Waals surface area contributed by atoms with Gasteiger partial charge in [-0.2, -0.15) is 0 Å². The summed E-state index contributed by atoms with van der Waals surface area (Å²) < 4.78 is 32.2. The maximum absolute atomic E-state index is 13.2. The molecule has 0 spiro atoms. The molecule has 0 saturated carbocycles. The fourth-order valence-electron chi connectivity index (χ4n) is 1.17. The SMILES string of the molecule is Fc1ccc(F)c(OCc2cc(Br)cs2)c1. The summed E-state index contributed by atoms with van der Waals surface area (Å²) in [5.74, 6) is -1.13. The molecule has 0 N–H and O–H groups in total. The molecule has 1 heterocycles. The van der Waals surface area contributed by atoms with E-state index in [9.17, 15) is 8.78 Å². The van der Waals surface area contributed by atoms with Crippen molar-refractivity contribution < 1.29 is 13.5 Å². The van der Waals surface area contributed by atoms with Crippen LogP contribution in [0.3, 0.4) is 0 Å². The summed E-state index contributed by atoms with van der Waals surface area (Å²) in [5.41, 5.74) is 0. The van der Waals surface area contributed by atoms with Gasteiger partial charge in [-0.1, -0.05) is 0 Å². The third-order valence-electron chi connectivity index (χ3n) is 1.88. The summed E-state index contributed by atoms with van der Waals surface area (Å²) in [7, 11) is 0. The third-order valence-corrected chi connectivity index (χ3v) is 3.56. The van der Waals surface area contributed by atoms with Crippen LogP contribution in [-0.2, 0) is 6.61 Å². The average molecular weight is 305 g/mol. The van der Waals surface area contributed by atoms with Gasteiger partial charge < -0.3 is 4.74 Å². The van der Waals surface area contributed by atoms with Gasteiger partial charge in [0.15, 0.2) is 11.6 Å². The molecule has 0 saturated heterocycles. The smallest absolute Gasteiger partial charge is 0.165 e. The predicted molar refractivity (Wildman–Crippen MR) is 62.7 cm³/mol. The topological polar surface area (TPSA) is 9.23 Å². The van der Waals surface area contributed by atoms with Gasteiger partial charge >= 0.3 is 0 Å². The highest BCUT2D eigenvalue weighted by atomic mass is 79.9. The number of halogens is 3. The molecule has 2 aromatic rings. The van der Waals surface area contributed by atoms with E-state index in [0.717, 1.165) is 27.5 Å². The molecule has 16 heavy (non-hydrogen) atoms. The van der Waals surface area contributed by atoms with Crippen molar-refractivity contribution in [3.05, 3.63) is 50.6 Å². The van der Waals surface area contributed by atoms with Crippen molar-refractivity contribution in [2.45, 2.75) is 6.61 Å². The standard InChI is InChI=1S/C11H7BrF2OS/c12-7-3-9(16-6-7)5-15-11-4-8(13)1-2-10(11)14/h1-4,6H,5H2. The molecule has 5 heteroatoms. The van der Waals surface area contributed by atoms with Crippen LogP contribution in [0.5, 0.6) is 5.75 Å². The van der Waals surface area contributed by atoms with Crippen LogP contribution in [0.1, 0.15) is 4.88 Å². The second-order valence-electron chi connectivity index (χ2n) is 3.09. The third kappa shape index (κ3) is 2.80. The highest BCUT2D eigenvalue weighted by Gasteiger charge is 2.06. The average Bonchev–Trinajstić information content (AvgIpc) is 2.66. The zero-order valence-electron chi connectivity index (χ0n) is 8.04. The molecule has 0 unspecified atom stereocenters. The maximum atomic E-state index is 13.2. The molecular formula is C11H7BrF2OS. The Morgan fingerprint density at radius 2 is 2.06 bits per heavy atom. The summed E-state index contributed by atoms with van der Waals surface area (Å²) >= 11 is 4.80. The van der Waals surface area contributed by atoms with Crippen LogP contribution in [0.2, 0.25) is 0 Å². The summed E-state index contributed by atoms with van der Waals surface area (Å²) in [6, 6.07) is 5.03. The molecular weight excluding hydrogens is 298 g/mol. The molecule has 0 radical (unpaired) electrons. The second-order valence-corrected chi connectivity index (χ2v) is 5.01. The van der Waals surface area contributed by atoms with E-state index in [-0.39, 0.29) is 12.4 Å². The fourth-order valence-corrected chi connectivity index (χ4v) is 2.53. The minimum absolute atomic E-state index is 0.0653. The lowest BCUT2D eigenvalue weighted by atomic mass is 10.3. The largest absolute Gasteiger partial charge is 0.485 e. The van der Waals surface area contributed by atoms with Crippen LogP contribution in [0, 0.1) is 11.6 Å². The van der Waals surface area contributed by atoms with Crippen molar-refractivity contribution in [2.75, 3.05) is 0 Å². The van der Waals surface area contributed by atoms with E-state index in [1.807, 2.05) is 11.4 Å². The second kappa shape index (κ2) is 4.93. The number of ether oxygens (including phenoxy) is 1. The zero-order chi connectivity index (χ0) is 11.5. The lowest BCUT2D eigenvalue weighted by molar-refractivity contribution is 0.291. The Balaban J connectivity index is 2.07. The van der Waals surface area contributed by atoms with E-state index in [1.54, 1.807) is 0 Å². The number of thiophene rings is 1. The fraction of sp³-hybridized carbons (Fsp3) is 0.0909. The van der Waals surface area contributed by atoms with E-state index in [0.29, 0.717) is 0 Å². The first-order valence-corrected chi connectivity index (χ1v) is 6.13. The van der Waals surface area contributed by atoms with E-state index in [4.69, 9.17) is 4.74 Å². The zero-order valence-corrected chi connectivity index (χ0v) is 10.4. The molecule has 0 fully saturated rings. The van der Waals surface area contributed by atoms with Crippen molar-refractivity contribution in [2.24, 2.45) is 0 Å². The maximum Gasteiger partial charge on any atom is 0.165 e. The number of rotatable bonds is 3. The quantitative estimate of drug-likeness (QED) is 0.818. The minimum atomic E-state index is -0.558. The highest BCUT2D eigenvalue weighted by molar-refractivity contribution is 9.10. The molecule has 0 aliphatic carbocycles. The van der Waals surface area contributed by atoms with Crippen LogP contribution >= 0.6 is 27.3 Å². The number of benzene rings is 1. The van der Waals surface area contributed by atoms with Gasteiger partial charge in [0.05, 0.1) is 0 Å². The lowest BCUT2D eigenvalue weighted by Crippen LogP contribution is -1.95. The van der Waals surface area contributed by atoms with Crippen LogP contribution in [0.25, 0.3) is 0 Å². The first-order valence-electron chi connectivity index (χ1n) is 4.46.